The van der Waals surface area contributed by atoms with Gasteiger partial charge in [0.25, 0.3) is 0 Å². The number of rotatable bonds is 2. The first kappa shape index (κ1) is 17.5. The summed E-state index contributed by atoms with van der Waals surface area (Å²) in [5.41, 5.74) is 6.35. The van der Waals surface area contributed by atoms with Gasteiger partial charge in [-0.3, -0.25) is 0 Å². The Balaban J connectivity index is -0.000000137. The van der Waals surface area contributed by atoms with Crippen LogP contribution in [0.3, 0.4) is 0 Å². The number of allylic oxidation sites excluding steroid dienone is 2. The largest absolute Gasteiger partial charge is 0.331 e. The third kappa shape index (κ3) is 34.4. The van der Waals surface area contributed by atoms with Crippen LogP contribution in [0.5, 0.6) is 0 Å². The van der Waals surface area contributed by atoms with Gasteiger partial charge in [-0.15, -0.1) is 0 Å². The van der Waals surface area contributed by atoms with Gasteiger partial charge in [-0.25, -0.2) is 0 Å². The maximum absolute atomic E-state index is 8.00. The predicted molar refractivity (Wildman–Crippen MR) is 56.2 cm³/mol. The number of hydrogen-bond donors (Lipinski definition) is 1. The number of hydrogen-bond acceptors (Lipinski definition) is 2. The van der Waals surface area contributed by atoms with Crippen LogP contribution >= 0.6 is 0 Å². The normalized spacial score (nSPS) is 8.92. The summed E-state index contributed by atoms with van der Waals surface area (Å²) in [6.45, 7) is 11.1. The summed E-state index contributed by atoms with van der Waals surface area (Å²) in [7, 11) is 0. The van der Waals surface area contributed by atoms with Crippen molar-refractivity contribution in [1.82, 2.24) is 0 Å². The fourth-order valence-corrected chi connectivity index (χ4v) is 0.539. The van der Waals surface area contributed by atoms with Gasteiger partial charge in [0.05, 0.1) is 0 Å². The Kier molecular flexibility index (Phi) is 32.6. The maximum Gasteiger partial charge on any atom is 0.106 e. The van der Waals surface area contributed by atoms with E-state index in [2.05, 4.69) is 26.8 Å². The van der Waals surface area contributed by atoms with Gasteiger partial charge in [-0.2, -0.15) is 0 Å². The van der Waals surface area contributed by atoms with E-state index in [0.29, 0.717) is 0 Å². The Morgan fingerprint density at radius 1 is 1.42 bits per heavy atom. The van der Waals surface area contributed by atoms with Crippen LogP contribution in [0.2, 0.25) is 0 Å². The van der Waals surface area contributed by atoms with Crippen molar-refractivity contribution in [2.45, 2.75) is 40.5 Å². The average molecular weight is 173 g/mol. The predicted octanol–water partition coefficient (Wildman–Crippen LogP) is 2.53. The van der Waals surface area contributed by atoms with E-state index in [1.807, 2.05) is 13.7 Å². The van der Waals surface area contributed by atoms with E-state index >= 15 is 0 Å². The molecular formula is C10H23NO. The molecule has 0 aromatic rings. The third-order valence-corrected chi connectivity index (χ3v) is 1.14. The minimum absolute atomic E-state index is 0.750. The smallest absolute Gasteiger partial charge is 0.106 e. The molecule has 0 radical (unpaired) electrons. The molecule has 2 N–H and O–H groups in total. The minimum atomic E-state index is 0.750. The fraction of sp³-hybridized carbons (Fsp3) is 0.700. The lowest BCUT2D eigenvalue weighted by Crippen LogP contribution is -1.87. The lowest BCUT2D eigenvalue weighted by molar-refractivity contribution is -0.0979. The number of carbonyl (C=O) groups is 1. The van der Waals surface area contributed by atoms with Crippen molar-refractivity contribution in [2.75, 3.05) is 6.54 Å². The third-order valence-electron chi connectivity index (χ3n) is 1.14. The van der Waals surface area contributed by atoms with Crippen LogP contribution < -0.4 is 5.73 Å². The first-order chi connectivity index (χ1) is 5.72. The van der Waals surface area contributed by atoms with Crippen molar-refractivity contribution in [1.29, 1.82) is 0 Å². The molecule has 0 aromatic carbocycles. The lowest BCUT2D eigenvalue weighted by Gasteiger charge is -1.91. The molecule has 0 aromatic heterocycles. The van der Waals surface area contributed by atoms with Crippen molar-refractivity contribution < 1.29 is 4.79 Å². The van der Waals surface area contributed by atoms with E-state index in [-0.39, 0.29) is 0 Å². The Hall–Kier alpha value is -0.630. The summed E-state index contributed by atoms with van der Waals surface area (Å²) >= 11 is 0. The Morgan fingerprint density at radius 2 is 1.75 bits per heavy atom. The second-order valence-corrected chi connectivity index (χ2v) is 2.29. The molecule has 0 aliphatic rings. The second kappa shape index (κ2) is 22.4. The van der Waals surface area contributed by atoms with Gasteiger partial charge in [0.2, 0.25) is 0 Å². The molecule has 74 valence electrons. The van der Waals surface area contributed by atoms with Gasteiger partial charge in [0, 0.05) is 0 Å². The molecule has 0 spiro atoms. The number of nitrogens with two attached hydrogens (primary N) is 1. The van der Waals surface area contributed by atoms with E-state index in [4.69, 9.17) is 10.5 Å². The fourth-order valence-electron chi connectivity index (χ4n) is 0.539. The first-order valence-corrected chi connectivity index (χ1v) is 4.33. The molecule has 0 unspecified atom stereocenters. The van der Waals surface area contributed by atoms with Crippen LogP contribution in [0.1, 0.15) is 40.5 Å². The van der Waals surface area contributed by atoms with Gasteiger partial charge >= 0.3 is 0 Å². The van der Waals surface area contributed by atoms with E-state index in [1.54, 1.807) is 0 Å². The van der Waals surface area contributed by atoms with E-state index < -0.39 is 0 Å². The van der Waals surface area contributed by atoms with Crippen LogP contribution in [0.15, 0.2) is 11.6 Å². The molecule has 0 rings (SSSR count). The molecule has 0 heterocycles. The molecule has 2 nitrogen and oxygen atoms in total. The van der Waals surface area contributed by atoms with Crippen molar-refractivity contribution in [3.05, 3.63) is 11.6 Å². The molecule has 0 bridgehead atoms. The Labute approximate surface area is 76.8 Å². The Bertz CT molecular complexity index is 89.8. The molecule has 0 saturated heterocycles. The summed E-state index contributed by atoms with van der Waals surface area (Å²) in [5.74, 6) is 0. The van der Waals surface area contributed by atoms with Gasteiger partial charge < -0.3 is 10.5 Å². The minimum Gasteiger partial charge on any atom is -0.331 e. The molecule has 0 atom stereocenters. The van der Waals surface area contributed by atoms with E-state index in [1.165, 1.54) is 18.4 Å². The van der Waals surface area contributed by atoms with E-state index in [0.717, 1.165) is 6.54 Å². The monoisotopic (exact) mass is 173 g/mol. The van der Waals surface area contributed by atoms with Crippen LogP contribution in [0.25, 0.3) is 0 Å². The molecular weight excluding hydrogens is 150 g/mol. The quantitative estimate of drug-likeness (QED) is 0.652. The standard InChI is InChI=1S/C7H14.C2H7N.CH2O/c1-4-6-7(3)5-2;1-2-3;1-2/h5H,4,6H2,1-3H3;2-3H2,1H3;1H2/b7-5-;;. The average Bonchev–Trinajstić information content (AvgIpc) is 2.10. The Morgan fingerprint density at radius 3 is 1.83 bits per heavy atom. The zero-order valence-electron chi connectivity index (χ0n) is 8.89. The molecule has 0 aliphatic heterocycles. The topological polar surface area (TPSA) is 43.1 Å². The second-order valence-electron chi connectivity index (χ2n) is 2.29. The van der Waals surface area contributed by atoms with Crippen molar-refractivity contribution in [3.63, 3.8) is 0 Å². The first-order valence-electron chi connectivity index (χ1n) is 4.33. The van der Waals surface area contributed by atoms with Crippen LogP contribution in [0.4, 0.5) is 0 Å². The van der Waals surface area contributed by atoms with Crippen molar-refractivity contribution >= 4 is 6.79 Å². The van der Waals surface area contributed by atoms with E-state index in [9.17, 15) is 0 Å². The molecule has 2 heteroatoms. The van der Waals surface area contributed by atoms with Gasteiger partial charge in [-0.05, 0) is 26.8 Å². The van der Waals surface area contributed by atoms with Crippen LogP contribution in [-0.2, 0) is 4.79 Å². The highest BCUT2D eigenvalue weighted by Crippen LogP contribution is 2.00. The maximum atomic E-state index is 8.00. The number of carbonyl (C=O) groups excluding carboxylic acids is 1. The van der Waals surface area contributed by atoms with Gasteiger partial charge in [-0.1, -0.05) is 31.9 Å². The molecule has 0 fully saturated rings. The van der Waals surface area contributed by atoms with Gasteiger partial charge in [0.15, 0.2) is 0 Å². The summed E-state index contributed by atoms with van der Waals surface area (Å²) in [6.07, 6.45) is 4.70. The molecule has 0 amide bonds. The SMILES string of the molecule is C/C=C(/C)CCC.C=O.CCN. The van der Waals surface area contributed by atoms with Crippen LogP contribution in [0, 0.1) is 0 Å². The molecule has 12 heavy (non-hydrogen) atoms. The van der Waals surface area contributed by atoms with Crippen molar-refractivity contribution in [2.24, 2.45) is 5.73 Å². The zero-order valence-corrected chi connectivity index (χ0v) is 8.89. The highest BCUT2D eigenvalue weighted by molar-refractivity contribution is 5.10. The summed E-state index contributed by atoms with van der Waals surface area (Å²) in [4.78, 5) is 8.00. The molecule has 0 aliphatic carbocycles. The van der Waals surface area contributed by atoms with Gasteiger partial charge in [0.1, 0.15) is 6.79 Å². The summed E-state index contributed by atoms with van der Waals surface area (Å²) in [5, 5.41) is 0. The van der Waals surface area contributed by atoms with Crippen LogP contribution in [-0.4, -0.2) is 13.3 Å². The zero-order chi connectivity index (χ0) is 10.4. The highest BCUT2D eigenvalue weighted by Gasteiger charge is 1.79. The summed E-state index contributed by atoms with van der Waals surface area (Å²) < 4.78 is 0. The highest BCUT2D eigenvalue weighted by atomic mass is 16.1. The summed E-state index contributed by atoms with van der Waals surface area (Å²) in [6, 6.07) is 0. The lowest BCUT2D eigenvalue weighted by atomic mass is 10.2. The molecule has 0 saturated carbocycles. The van der Waals surface area contributed by atoms with Crippen molar-refractivity contribution in [3.8, 4) is 0 Å².